The molecule has 0 rings (SSSR count). The lowest BCUT2D eigenvalue weighted by Gasteiger charge is -1.77. The molecule has 0 unspecified atom stereocenters. The van der Waals surface area contributed by atoms with Gasteiger partial charge in [-0.2, -0.15) is 0 Å². The zero-order chi connectivity index (χ0) is 7.28. The first kappa shape index (κ1) is 8.62. The third kappa shape index (κ3) is 5.49. The Morgan fingerprint density at radius 1 is 1.56 bits per heavy atom. The Bertz CT molecular complexity index is 191. The molecular weight excluding hydrogens is 155 g/mol. The molecule has 0 aliphatic heterocycles. The van der Waals surface area contributed by atoms with Crippen LogP contribution in [0.4, 0.5) is 0 Å². The van der Waals surface area contributed by atoms with Crippen molar-refractivity contribution in [2.75, 3.05) is 0 Å². The van der Waals surface area contributed by atoms with E-state index in [1.54, 1.807) is 6.92 Å². The second-order valence-electron chi connectivity index (χ2n) is 1.49. The minimum atomic E-state index is 0.333. The SMILES string of the molecule is C=C(C)C#C/C(Cl)=C/Cl. The second-order valence-corrected chi connectivity index (χ2v) is 2.11. The van der Waals surface area contributed by atoms with E-state index >= 15 is 0 Å². The highest BCUT2D eigenvalue weighted by Gasteiger charge is 1.78. The summed E-state index contributed by atoms with van der Waals surface area (Å²) in [6, 6.07) is 0. The normalized spacial score (nSPS) is 9.89. The van der Waals surface area contributed by atoms with Gasteiger partial charge in [-0.25, -0.2) is 0 Å². The van der Waals surface area contributed by atoms with E-state index in [2.05, 4.69) is 18.4 Å². The van der Waals surface area contributed by atoms with E-state index in [0.29, 0.717) is 5.03 Å². The average molecular weight is 161 g/mol. The number of halogens is 2. The van der Waals surface area contributed by atoms with E-state index in [9.17, 15) is 0 Å². The van der Waals surface area contributed by atoms with Gasteiger partial charge in [-0.15, -0.1) is 0 Å². The second kappa shape index (κ2) is 4.49. The summed E-state index contributed by atoms with van der Waals surface area (Å²) in [5.74, 6) is 5.24. The largest absolute Gasteiger partial charge is 0.102 e. The fourth-order valence-corrected chi connectivity index (χ4v) is 0.295. The Kier molecular flexibility index (Phi) is 4.30. The van der Waals surface area contributed by atoms with Gasteiger partial charge >= 0.3 is 0 Å². The summed E-state index contributed by atoms with van der Waals surface area (Å²) in [4.78, 5) is 0. The fraction of sp³-hybridized carbons (Fsp3) is 0.143. The molecular formula is C7H6Cl2. The summed E-state index contributed by atoms with van der Waals surface area (Å²) in [5.41, 5.74) is 1.99. The van der Waals surface area contributed by atoms with Crippen molar-refractivity contribution in [2.45, 2.75) is 6.92 Å². The van der Waals surface area contributed by atoms with Crippen molar-refractivity contribution in [1.29, 1.82) is 0 Å². The van der Waals surface area contributed by atoms with Crippen LogP contribution in [0.2, 0.25) is 0 Å². The van der Waals surface area contributed by atoms with E-state index in [4.69, 9.17) is 23.2 Å². The molecule has 0 spiro atoms. The van der Waals surface area contributed by atoms with Crippen LogP contribution < -0.4 is 0 Å². The first-order chi connectivity index (χ1) is 4.16. The Hall–Kier alpha value is -0.380. The highest BCUT2D eigenvalue weighted by molar-refractivity contribution is 6.38. The first-order valence-corrected chi connectivity index (χ1v) is 3.11. The van der Waals surface area contributed by atoms with Gasteiger partial charge in [0.2, 0.25) is 0 Å². The Labute approximate surface area is 65.2 Å². The molecule has 0 fully saturated rings. The minimum Gasteiger partial charge on any atom is -0.0906 e. The summed E-state index contributed by atoms with van der Waals surface area (Å²) < 4.78 is 0. The molecule has 9 heavy (non-hydrogen) atoms. The van der Waals surface area contributed by atoms with Gasteiger partial charge in [-0.3, -0.25) is 0 Å². The van der Waals surface area contributed by atoms with Gasteiger partial charge in [0.25, 0.3) is 0 Å². The lowest BCUT2D eigenvalue weighted by Crippen LogP contribution is -1.62. The van der Waals surface area contributed by atoms with Gasteiger partial charge < -0.3 is 0 Å². The third-order valence-electron chi connectivity index (χ3n) is 0.491. The smallest absolute Gasteiger partial charge is 0.0906 e. The minimum absolute atomic E-state index is 0.333. The molecule has 0 atom stereocenters. The van der Waals surface area contributed by atoms with Crippen molar-refractivity contribution in [3.05, 3.63) is 22.7 Å². The lowest BCUT2D eigenvalue weighted by molar-refractivity contribution is 1.62. The molecule has 48 valence electrons. The Balaban J connectivity index is 4.04. The molecule has 0 saturated carbocycles. The number of allylic oxidation sites excluding steroid dienone is 2. The van der Waals surface area contributed by atoms with Crippen molar-refractivity contribution >= 4 is 23.2 Å². The molecule has 0 aromatic rings. The van der Waals surface area contributed by atoms with Crippen LogP contribution >= 0.6 is 23.2 Å². The summed E-state index contributed by atoms with van der Waals surface area (Å²) >= 11 is 10.6. The highest BCUT2D eigenvalue weighted by atomic mass is 35.5. The molecule has 2 heteroatoms. The maximum Gasteiger partial charge on any atom is 0.102 e. The average Bonchev–Trinajstić information content (AvgIpc) is 1.83. The predicted octanol–water partition coefficient (Wildman–Crippen LogP) is 2.88. The van der Waals surface area contributed by atoms with Crippen LogP contribution in [0.15, 0.2) is 22.7 Å². The van der Waals surface area contributed by atoms with Crippen LogP contribution in [0.5, 0.6) is 0 Å². The Morgan fingerprint density at radius 2 is 2.11 bits per heavy atom. The summed E-state index contributed by atoms with van der Waals surface area (Å²) in [6.07, 6.45) is 0. The fourth-order valence-electron chi connectivity index (χ4n) is 0.194. The van der Waals surface area contributed by atoms with Gasteiger partial charge in [-0.1, -0.05) is 35.7 Å². The molecule has 0 aromatic heterocycles. The monoisotopic (exact) mass is 160 g/mol. The zero-order valence-electron chi connectivity index (χ0n) is 5.04. The highest BCUT2D eigenvalue weighted by Crippen LogP contribution is 2.00. The van der Waals surface area contributed by atoms with E-state index in [-0.39, 0.29) is 0 Å². The summed E-state index contributed by atoms with van der Waals surface area (Å²) in [7, 11) is 0. The van der Waals surface area contributed by atoms with E-state index in [1.165, 1.54) is 5.54 Å². The number of rotatable bonds is 0. The number of hydrogen-bond acceptors (Lipinski definition) is 0. The quantitative estimate of drug-likeness (QED) is 0.479. The van der Waals surface area contributed by atoms with Crippen molar-refractivity contribution in [2.24, 2.45) is 0 Å². The molecule has 0 saturated heterocycles. The molecule has 0 nitrogen and oxygen atoms in total. The lowest BCUT2D eigenvalue weighted by atomic mass is 10.3. The van der Waals surface area contributed by atoms with Crippen LogP contribution in [-0.4, -0.2) is 0 Å². The van der Waals surface area contributed by atoms with Crippen molar-refractivity contribution in [1.82, 2.24) is 0 Å². The molecule has 0 aliphatic carbocycles. The van der Waals surface area contributed by atoms with Crippen LogP contribution in [0.25, 0.3) is 0 Å². The van der Waals surface area contributed by atoms with Gasteiger partial charge in [0.1, 0.15) is 5.03 Å². The van der Waals surface area contributed by atoms with E-state index < -0.39 is 0 Å². The zero-order valence-corrected chi connectivity index (χ0v) is 6.55. The van der Waals surface area contributed by atoms with Gasteiger partial charge in [0.15, 0.2) is 0 Å². The Morgan fingerprint density at radius 3 is 2.44 bits per heavy atom. The van der Waals surface area contributed by atoms with Crippen LogP contribution in [0.3, 0.4) is 0 Å². The molecule has 0 bridgehead atoms. The van der Waals surface area contributed by atoms with Crippen LogP contribution in [-0.2, 0) is 0 Å². The molecule has 0 heterocycles. The summed E-state index contributed by atoms with van der Waals surface area (Å²) in [5, 5.41) is 0.333. The maximum atomic E-state index is 5.42. The topological polar surface area (TPSA) is 0 Å². The molecule has 0 aromatic carbocycles. The summed E-state index contributed by atoms with van der Waals surface area (Å²) in [6.45, 7) is 5.36. The number of hydrogen-bond donors (Lipinski definition) is 0. The first-order valence-electron chi connectivity index (χ1n) is 2.30. The van der Waals surface area contributed by atoms with Crippen molar-refractivity contribution in [3.8, 4) is 11.8 Å². The van der Waals surface area contributed by atoms with E-state index in [0.717, 1.165) is 5.57 Å². The molecule has 0 amide bonds. The van der Waals surface area contributed by atoms with Gasteiger partial charge in [-0.05, 0) is 18.4 Å². The maximum absolute atomic E-state index is 5.42. The van der Waals surface area contributed by atoms with Crippen LogP contribution in [0.1, 0.15) is 6.92 Å². The van der Waals surface area contributed by atoms with Crippen molar-refractivity contribution < 1.29 is 0 Å². The standard InChI is InChI=1S/C7H6Cl2/c1-6(2)3-4-7(9)5-8/h5H,1H2,2H3/b7-5-. The molecule has 0 aliphatic rings. The molecule has 0 N–H and O–H groups in total. The molecule has 0 radical (unpaired) electrons. The van der Waals surface area contributed by atoms with Gasteiger partial charge in [0, 0.05) is 5.54 Å². The third-order valence-corrected chi connectivity index (χ3v) is 1.02. The van der Waals surface area contributed by atoms with Crippen LogP contribution in [0, 0.1) is 11.8 Å². The van der Waals surface area contributed by atoms with Gasteiger partial charge in [0.05, 0.1) is 0 Å². The van der Waals surface area contributed by atoms with Crippen molar-refractivity contribution in [3.63, 3.8) is 0 Å². The predicted molar refractivity (Wildman–Crippen MR) is 42.4 cm³/mol. The van der Waals surface area contributed by atoms with E-state index in [1.807, 2.05) is 0 Å².